The predicted octanol–water partition coefficient (Wildman–Crippen LogP) is 5.07. The van der Waals surface area contributed by atoms with Gasteiger partial charge in [-0.1, -0.05) is 22.0 Å². The molecule has 0 aliphatic carbocycles. The summed E-state index contributed by atoms with van der Waals surface area (Å²) in [5.41, 5.74) is -1.43. The summed E-state index contributed by atoms with van der Waals surface area (Å²) in [6, 6.07) is 9.92. The summed E-state index contributed by atoms with van der Waals surface area (Å²) in [6.45, 7) is 0. The van der Waals surface area contributed by atoms with Crippen LogP contribution in [0.2, 0.25) is 0 Å². The Hall–Kier alpha value is -1.82. The van der Waals surface area contributed by atoms with E-state index in [0.717, 1.165) is 16.6 Å². The fourth-order valence-corrected chi connectivity index (χ4v) is 1.99. The summed E-state index contributed by atoms with van der Waals surface area (Å²) in [6.07, 6.45) is -4.43. The fraction of sp³-hybridized carbons (Fsp3) is 0.0714. The summed E-state index contributed by atoms with van der Waals surface area (Å²) in [5.74, 6) is 0.410. The average molecular weight is 345 g/mol. The largest absolute Gasteiger partial charge is 0.457 e. The first kappa shape index (κ1) is 14.6. The van der Waals surface area contributed by atoms with Crippen LogP contribution in [0.3, 0.4) is 0 Å². The molecule has 0 aliphatic rings. The molecule has 104 valence electrons. The van der Waals surface area contributed by atoms with Crippen LogP contribution in [0.4, 0.5) is 13.2 Å². The molecular weight excluding hydrogens is 337 g/mol. The van der Waals surface area contributed by atoms with E-state index >= 15 is 0 Å². The van der Waals surface area contributed by atoms with Crippen molar-refractivity contribution in [3.8, 4) is 11.5 Å². The maximum Gasteiger partial charge on any atom is 0.417 e. The van der Waals surface area contributed by atoms with Gasteiger partial charge in [0.05, 0.1) is 5.56 Å². The number of ether oxygens (including phenoxy) is 1. The van der Waals surface area contributed by atoms with Crippen LogP contribution in [-0.2, 0) is 6.18 Å². The molecule has 0 bridgehead atoms. The number of alkyl halides is 3. The maximum absolute atomic E-state index is 12.8. The maximum atomic E-state index is 12.8. The van der Waals surface area contributed by atoms with E-state index in [9.17, 15) is 18.0 Å². The minimum atomic E-state index is -4.60. The molecule has 0 aromatic heterocycles. The highest BCUT2D eigenvalue weighted by Gasteiger charge is 2.33. The third-order valence-corrected chi connectivity index (χ3v) is 2.98. The number of hydrogen-bond donors (Lipinski definition) is 0. The van der Waals surface area contributed by atoms with Gasteiger partial charge in [-0.2, -0.15) is 13.2 Å². The lowest BCUT2D eigenvalue weighted by Crippen LogP contribution is -2.09. The van der Waals surface area contributed by atoms with Crippen molar-refractivity contribution in [2.24, 2.45) is 0 Å². The van der Waals surface area contributed by atoms with Gasteiger partial charge >= 0.3 is 6.18 Å². The van der Waals surface area contributed by atoms with Crippen LogP contribution in [0.1, 0.15) is 15.9 Å². The highest BCUT2D eigenvalue weighted by molar-refractivity contribution is 9.10. The van der Waals surface area contributed by atoms with Crippen molar-refractivity contribution in [1.82, 2.24) is 0 Å². The molecule has 2 aromatic rings. The smallest absolute Gasteiger partial charge is 0.417 e. The Kier molecular flexibility index (Phi) is 4.13. The summed E-state index contributed by atoms with van der Waals surface area (Å²) in [5, 5.41) is 0. The Balaban J connectivity index is 2.37. The monoisotopic (exact) mass is 344 g/mol. The highest BCUT2D eigenvalue weighted by Crippen LogP contribution is 2.35. The van der Waals surface area contributed by atoms with Crippen molar-refractivity contribution >= 4 is 22.2 Å². The Labute approximate surface area is 121 Å². The van der Waals surface area contributed by atoms with Gasteiger partial charge in [0.1, 0.15) is 11.5 Å². The SMILES string of the molecule is O=Cc1ccc(Oc2cccc(Br)c2)cc1C(F)(F)F. The van der Waals surface area contributed by atoms with Gasteiger partial charge in [0.2, 0.25) is 0 Å². The molecule has 0 radical (unpaired) electrons. The molecule has 0 fully saturated rings. The van der Waals surface area contributed by atoms with E-state index in [-0.39, 0.29) is 12.0 Å². The molecule has 0 saturated heterocycles. The predicted molar refractivity (Wildman–Crippen MR) is 71.0 cm³/mol. The van der Waals surface area contributed by atoms with Gasteiger partial charge in [0, 0.05) is 10.0 Å². The van der Waals surface area contributed by atoms with E-state index in [0.29, 0.717) is 5.75 Å². The van der Waals surface area contributed by atoms with Crippen LogP contribution in [0.5, 0.6) is 11.5 Å². The number of halogens is 4. The molecule has 0 spiro atoms. The standard InChI is InChI=1S/C14H8BrF3O2/c15-10-2-1-3-11(6-10)20-12-5-4-9(8-19)13(7-12)14(16,17)18/h1-8H. The normalized spacial score (nSPS) is 11.2. The molecule has 0 heterocycles. The van der Waals surface area contributed by atoms with Crippen molar-refractivity contribution < 1.29 is 22.7 Å². The minimum absolute atomic E-state index is 0.0148. The molecule has 6 heteroatoms. The van der Waals surface area contributed by atoms with E-state index in [1.54, 1.807) is 24.3 Å². The van der Waals surface area contributed by atoms with E-state index in [4.69, 9.17) is 4.74 Å². The van der Waals surface area contributed by atoms with Crippen LogP contribution in [0.25, 0.3) is 0 Å². The van der Waals surface area contributed by atoms with Gasteiger partial charge in [-0.05, 0) is 36.4 Å². The Bertz CT molecular complexity index is 639. The van der Waals surface area contributed by atoms with E-state index in [1.807, 2.05) is 0 Å². The molecule has 2 nitrogen and oxygen atoms in total. The Morgan fingerprint density at radius 1 is 1.05 bits per heavy atom. The van der Waals surface area contributed by atoms with E-state index < -0.39 is 17.3 Å². The lowest BCUT2D eigenvalue weighted by Gasteiger charge is -2.12. The first-order valence-corrected chi connectivity index (χ1v) is 6.29. The number of rotatable bonds is 3. The van der Waals surface area contributed by atoms with Crippen molar-refractivity contribution in [2.45, 2.75) is 6.18 Å². The third-order valence-electron chi connectivity index (χ3n) is 2.49. The van der Waals surface area contributed by atoms with Crippen molar-refractivity contribution in [3.63, 3.8) is 0 Å². The van der Waals surface area contributed by atoms with Crippen LogP contribution >= 0.6 is 15.9 Å². The van der Waals surface area contributed by atoms with Gasteiger partial charge in [0.15, 0.2) is 6.29 Å². The lowest BCUT2D eigenvalue weighted by molar-refractivity contribution is -0.137. The number of benzene rings is 2. The quantitative estimate of drug-likeness (QED) is 0.726. The number of carbonyl (C=O) groups is 1. The Morgan fingerprint density at radius 2 is 1.75 bits per heavy atom. The first-order chi connectivity index (χ1) is 9.40. The molecule has 0 atom stereocenters. The van der Waals surface area contributed by atoms with Crippen molar-refractivity contribution in [1.29, 1.82) is 0 Å². The summed E-state index contributed by atoms with van der Waals surface area (Å²) in [7, 11) is 0. The van der Waals surface area contributed by atoms with Gasteiger partial charge in [-0.25, -0.2) is 0 Å². The zero-order valence-electron chi connectivity index (χ0n) is 9.95. The molecule has 20 heavy (non-hydrogen) atoms. The molecule has 2 aromatic carbocycles. The van der Waals surface area contributed by atoms with E-state index in [1.165, 1.54) is 6.07 Å². The topological polar surface area (TPSA) is 26.3 Å². The van der Waals surface area contributed by atoms with Crippen LogP contribution in [0, 0.1) is 0 Å². The summed E-state index contributed by atoms with van der Waals surface area (Å²) < 4.78 is 44.5. The molecular formula is C14H8BrF3O2. The summed E-state index contributed by atoms with van der Waals surface area (Å²) in [4.78, 5) is 10.6. The molecule has 0 N–H and O–H groups in total. The van der Waals surface area contributed by atoms with Gasteiger partial charge in [-0.15, -0.1) is 0 Å². The van der Waals surface area contributed by atoms with Gasteiger partial charge in [-0.3, -0.25) is 4.79 Å². The first-order valence-electron chi connectivity index (χ1n) is 5.50. The fourth-order valence-electron chi connectivity index (χ4n) is 1.61. The zero-order chi connectivity index (χ0) is 14.8. The lowest BCUT2D eigenvalue weighted by atomic mass is 10.1. The molecule has 0 aliphatic heterocycles. The van der Waals surface area contributed by atoms with Crippen LogP contribution in [0.15, 0.2) is 46.9 Å². The second-order valence-electron chi connectivity index (χ2n) is 3.92. The number of hydrogen-bond acceptors (Lipinski definition) is 2. The molecule has 0 unspecified atom stereocenters. The van der Waals surface area contributed by atoms with Crippen molar-refractivity contribution in [3.05, 3.63) is 58.1 Å². The van der Waals surface area contributed by atoms with Gasteiger partial charge in [0.25, 0.3) is 0 Å². The number of aldehydes is 1. The average Bonchev–Trinajstić information content (AvgIpc) is 2.37. The number of carbonyl (C=O) groups excluding carboxylic acids is 1. The van der Waals surface area contributed by atoms with Crippen molar-refractivity contribution in [2.75, 3.05) is 0 Å². The van der Waals surface area contributed by atoms with Crippen LogP contribution < -0.4 is 4.74 Å². The van der Waals surface area contributed by atoms with Crippen LogP contribution in [-0.4, -0.2) is 6.29 Å². The molecule has 2 rings (SSSR count). The Morgan fingerprint density at radius 3 is 2.35 bits per heavy atom. The zero-order valence-corrected chi connectivity index (χ0v) is 11.5. The molecule has 0 amide bonds. The van der Waals surface area contributed by atoms with E-state index in [2.05, 4.69) is 15.9 Å². The summed E-state index contributed by atoms with van der Waals surface area (Å²) >= 11 is 3.24. The van der Waals surface area contributed by atoms with Gasteiger partial charge < -0.3 is 4.74 Å². The third kappa shape index (κ3) is 3.39. The second-order valence-corrected chi connectivity index (χ2v) is 4.84. The minimum Gasteiger partial charge on any atom is -0.457 e. The second kappa shape index (κ2) is 5.66. The molecule has 0 saturated carbocycles. The highest BCUT2D eigenvalue weighted by atomic mass is 79.9.